The van der Waals surface area contributed by atoms with Crippen molar-refractivity contribution in [2.45, 2.75) is 58.0 Å². The molecule has 3 atom stereocenters. The van der Waals surface area contributed by atoms with E-state index in [1.54, 1.807) is 6.92 Å². The van der Waals surface area contributed by atoms with Gasteiger partial charge < -0.3 is 15.7 Å². The van der Waals surface area contributed by atoms with E-state index in [-0.39, 0.29) is 23.9 Å². The maximum atomic E-state index is 11.8. The number of aliphatic carboxylic acids is 1. The molecule has 1 amide bonds. The fourth-order valence-corrected chi connectivity index (χ4v) is 2.18. The van der Waals surface area contributed by atoms with Crippen molar-refractivity contribution in [1.82, 2.24) is 10.6 Å². The summed E-state index contributed by atoms with van der Waals surface area (Å²) in [5, 5.41) is 14.9. The molecule has 1 heterocycles. The third-order valence-electron chi connectivity index (χ3n) is 3.46. The first-order valence-electron chi connectivity index (χ1n) is 6.77. The van der Waals surface area contributed by atoms with Crippen molar-refractivity contribution in [3.05, 3.63) is 0 Å². The Morgan fingerprint density at radius 3 is 2.67 bits per heavy atom. The van der Waals surface area contributed by atoms with Crippen LogP contribution in [0.15, 0.2) is 0 Å². The summed E-state index contributed by atoms with van der Waals surface area (Å²) in [6.07, 6.45) is 4.29. The highest BCUT2D eigenvalue weighted by Gasteiger charge is 2.22. The van der Waals surface area contributed by atoms with E-state index in [4.69, 9.17) is 5.11 Å². The maximum absolute atomic E-state index is 11.8. The molecule has 0 aliphatic carbocycles. The highest BCUT2D eigenvalue weighted by atomic mass is 16.4. The molecule has 1 aliphatic heterocycles. The molecule has 1 rings (SSSR count). The number of carboxylic acid groups (broad SMARTS) is 1. The number of rotatable bonds is 7. The van der Waals surface area contributed by atoms with E-state index < -0.39 is 5.97 Å². The van der Waals surface area contributed by atoms with Gasteiger partial charge in [0, 0.05) is 6.04 Å². The van der Waals surface area contributed by atoms with Crippen LogP contribution in [-0.2, 0) is 9.59 Å². The zero-order valence-electron chi connectivity index (χ0n) is 11.2. The van der Waals surface area contributed by atoms with E-state index in [0.29, 0.717) is 6.42 Å². The Morgan fingerprint density at radius 1 is 1.39 bits per heavy atom. The number of hydrogen-bond donors (Lipinski definition) is 3. The van der Waals surface area contributed by atoms with Crippen molar-refractivity contribution < 1.29 is 14.7 Å². The lowest BCUT2D eigenvalue weighted by atomic mass is 10.0. The lowest BCUT2D eigenvalue weighted by Gasteiger charge is -2.17. The molecule has 0 aromatic heterocycles. The molecule has 0 radical (unpaired) electrons. The molecule has 1 aliphatic rings. The molecular weight excluding hydrogens is 232 g/mol. The maximum Gasteiger partial charge on any atom is 0.306 e. The van der Waals surface area contributed by atoms with Crippen LogP contribution < -0.4 is 10.6 Å². The third-order valence-corrected chi connectivity index (χ3v) is 3.46. The number of amides is 1. The van der Waals surface area contributed by atoms with E-state index >= 15 is 0 Å². The molecule has 3 N–H and O–H groups in total. The molecule has 1 fully saturated rings. The molecule has 0 saturated carbocycles. The van der Waals surface area contributed by atoms with E-state index in [1.165, 1.54) is 0 Å². The van der Waals surface area contributed by atoms with Gasteiger partial charge in [-0.1, -0.05) is 13.3 Å². The van der Waals surface area contributed by atoms with Gasteiger partial charge in [0.1, 0.15) is 0 Å². The first-order chi connectivity index (χ1) is 8.50. The molecule has 0 aromatic carbocycles. The van der Waals surface area contributed by atoms with Crippen LogP contribution in [0.1, 0.15) is 46.0 Å². The van der Waals surface area contributed by atoms with Crippen LogP contribution in [0.2, 0.25) is 0 Å². The average molecular weight is 256 g/mol. The van der Waals surface area contributed by atoms with Crippen molar-refractivity contribution in [3.63, 3.8) is 0 Å². The Kier molecular flexibility index (Phi) is 6.12. The minimum Gasteiger partial charge on any atom is -0.481 e. The summed E-state index contributed by atoms with van der Waals surface area (Å²) in [6.45, 7) is 4.61. The van der Waals surface area contributed by atoms with Gasteiger partial charge in [0.15, 0.2) is 0 Å². The number of carboxylic acids is 1. The van der Waals surface area contributed by atoms with Gasteiger partial charge in [0.25, 0.3) is 0 Å². The largest absolute Gasteiger partial charge is 0.481 e. The second-order valence-corrected chi connectivity index (χ2v) is 5.23. The molecule has 0 spiro atoms. The van der Waals surface area contributed by atoms with Crippen molar-refractivity contribution in [1.29, 1.82) is 0 Å². The predicted octanol–water partition coefficient (Wildman–Crippen LogP) is 1.13. The molecule has 5 nitrogen and oxygen atoms in total. The first-order valence-corrected chi connectivity index (χ1v) is 6.77. The van der Waals surface area contributed by atoms with E-state index in [0.717, 1.165) is 32.2 Å². The summed E-state index contributed by atoms with van der Waals surface area (Å²) in [5.74, 6) is -0.975. The summed E-state index contributed by atoms with van der Waals surface area (Å²) in [5.41, 5.74) is 0. The Labute approximate surface area is 108 Å². The van der Waals surface area contributed by atoms with Crippen LogP contribution in [0, 0.1) is 5.92 Å². The van der Waals surface area contributed by atoms with Gasteiger partial charge in [-0.15, -0.1) is 0 Å². The number of hydrogen-bond acceptors (Lipinski definition) is 3. The van der Waals surface area contributed by atoms with E-state index in [9.17, 15) is 9.59 Å². The molecule has 0 bridgehead atoms. The Morgan fingerprint density at radius 2 is 2.11 bits per heavy atom. The zero-order valence-corrected chi connectivity index (χ0v) is 11.2. The SMILES string of the molecule is CC(CCCC(C)C(=O)O)NC(=O)C1CCCN1. The Hall–Kier alpha value is -1.10. The molecule has 3 unspecified atom stereocenters. The van der Waals surface area contributed by atoms with Gasteiger partial charge in [0.2, 0.25) is 5.91 Å². The van der Waals surface area contributed by atoms with Gasteiger partial charge in [-0.3, -0.25) is 9.59 Å². The zero-order chi connectivity index (χ0) is 13.5. The fourth-order valence-electron chi connectivity index (χ4n) is 2.18. The van der Waals surface area contributed by atoms with Crippen LogP contribution in [0.4, 0.5) is 0 Å². The third kappa shape index (κ3) is 5.04. The summed E-state index contributed by atoms with van der Waals surface area (Å²) < 4.78 is 0. The lowest BCUT2D eigenvalue weighted by Crippen LogP contribution is -2.44. The first kappa shape index (κ1) is 15.0. The lowest BCUT2D eigenvalue weighted by molar-refractivity contribution is -0.141. The minimum absolute atomic E-state index is 0.0367. The van der Waals surface area contributed by atoms with Crippen LogP contribution in [-0.4, -0.2) is 35.6 Å². The number of carbonyl (C=O) groups is 2. The molecule has 1 saturated heterocycles. The smallest absolute Gasteiger partial charge is 0.306 e. The van der Waals surface area contributed by atoms with Gasteiger partial charge >= 0.3 is 5.97 Å². The average Bonchev–Trinajstić information content (AvgIpc) is 2.81. The van der Waals surface area contributed by atoms with Crippen molar-refractivity contribution in [3.8, 4) is 0 Å². The van der Waals surface area contributed by atoms with Crippen molar-refractivity contribution in [2.24, 2.45) is 5.92 Å². The van der Waals surface area contributed by atoms with Crippen molar-refractivity contribution >= 4 is 11.9 Å². The van der Waals surface area contributed by atoms with E-state index in [2.05, 4.69) is 10.6 Å². The standard InChI is InChI=1S/C13H24N2O3/c1-9(13(17)18)5-3-6-10(2)15-12(16)11-7-4-8-14-11/h9-11,14H,3-8H2,1-2H3,(H,15,16)(H,17,18). The Bertz CT molecular complexity index is 288. The van der Waals surface area contributed by atoms with Crippen molar-refractivity contribution in [2.75, 3.05) is 6.54 Å². The van der Waals surface area contributed by atoms with Crippen LogP contribution in [0.3, 0.4) is 0 Å². The monoisotopic (exact) mass is 256 g/mol. The summed E-state index contributed by atoms with van der Waals surface area (Å²) in [6, 6.07) is 0.0753. The summed E-state index contributed by atoms with van der Waals surface area (Å²) in [7, 11) is 0. The van der Waals surface area contributed by atoms with Gasteiger partial charge in [0.05, 0.1) is 12.0 Å². The second-order valence-electron chi connectivity index (χ2n) is 5.23. The molecular formula is C13H24N2O3. The molecule has 18 heavy (non-hydrogen) atoms. The van der Waals surface area contributed by atoms with Gasteiger partial charge in [-0.05, 0) is 39.2 Å². The molecule has 104 valence electrons. The fraction of sp³-hybridized carbons (Fsp3) is 0.846. The topological polar surface area (TPSA) is 78.4 Å². The van der Waals surface area contributed by atoms with Crippen LogP contribution in [0.25, 0.3) is 0 Å². The van der Waals surface area contributed by atoms with Crippen LogP contribution >= 0.6 is 0 Å². The minimum atomic E-state index is -0.748. The molecule has 0 aromatic rings. The highest BCUT2D eigenvalue weighted by molar-refractivity contribution is 5.82. The number of carbonyl (C=O) groups excluding carboxylic acids is 1. The van der Waals surface area contributed by atoms with Gasteiger partial charge in [-0.2, -0.15) is 0 Å². The molecule has 5 heteroatoms. The van der Waals surface area contributed by atoms with Crippen LogP contribution in [0.5, 0.6) is 0 Å². The quantitative estimate of drug-likeness (QED) is 0.638. The Balaban J connectivity index is 2.14. The number of nitrogens with one attached hydrogen (secondary N) is 2. The predicted molar refractivity (Wildman–Crippen MR) is 69.3 cm³/mol. The normalized spacial score (nSPS) is 22.4. The summed E-state index contributed by atoms with van der Waals surface area (Å²) >= 11 is 0. The van der Waals surface area contributed by atoms with Gasteiger partial charge in [-0.25, -0.2) is 0 Å². The summed E-state index contributed by atoms with van der Waals surface area (Å²) in [4.78, 5) is 22.4. The highest BCUT2D eigenvalue weighted by Crippen LogP contribution is 2.10. The second kappa shape index (κ2) is 7.36. The van der Waals surface area contributed by atoms with E-state index in [1.807, 2.05) is 6.92 Å².